The molecule has 2 N–H and O–H groups in total. The van der Waals surface area contributed by atoms with E-state index in [2.05, 4.69) is 10.3 Å². The predicted octanol–water partition coefficient (Wildman–Crippen LogP) is 3.55. The van der Waals surface area contributed by atoms with Crippen LogP contribution in [0.2, 0.25) is 0 Å². The first kappa shape index (κ1) is 32.4. The van der Waals surface area contributed by atoms with Crippen molar-refractivity contribution in [3.8, 4) is 17.0 Å². The lowest BCUT2D eigenvalue weighted by Gasteiger charge is -2.19. The number of aliphatic hydroxyl groups is 1. The van der Waals surface area contributed by atoms with Gasteiger partial charge in [0.1, 0.15) is 23.6 Å². The molecule has 2 amide bonds. The summed E-state index contributed by atoms with van der Waals surface area (Å²) in [5.74, 6) is -0.281. The molecule has 2 rings (SSSR count). The fourth-order valence-electron chi connectivity index (χ4n) is 3.49. The SMILES string of the molecule is CCOC(=O)[C@H](O)COc1ccc(-c2cn(CCCNC(=O)OC(C)(C)C)/c(=N\C(=O)OC(C)(C)C)n2C)cc1. The first-order valence-electron chi connectivity index (χ1n) is 13.2. The molecule has 0 unspecified atom stereocenters. The summed E-state index contributed by atoms with van der Waals surface area (Å²) in [6.07, 6.45) is -0.184. The summed E-state index contributed by atoms with van der Waals surface area (Å²) < 4.78 is 24.5. The summed E-state index contributed by atoms with van der Waals surface area (Å²) in [6.45, 7) is 13.1. The number of amides is 2. The standard InChI is InChI=1S/C28H42N4O8/c1-9-37-23(34)22(33)18-38-20-13-11-19(12-14-20)21-17-32(16-10-15-29-25(35)39-27(2,3)4)24(31(21)8)30-26(36)40-28(5,6)7/h11-14,17,22,33H,9-10,15-16,18H2,1-8H3,(H,29,35)/b30-24-/t22-/m1/s1. The molecule has 12 heteroatoms. The second-order valence-corrected chi connectivity index (χ2v) is 11.0. The Balaban J connectivity index is 2.23. The van der Waals surface area contributed by atoms with Gasteiger partial charge in [-0.1, -0.05) is 0 Å². The molecular formula is C28H42N4O8. The van der Waals surface area contributed by atoms with Crippen molar-refractivity contribution in [3.05, 3.63) is 36.1 Å². The lowest BCUT2D eigenvalue weighted by atomic mass is 10.1. The van der Waals surface area contributed by atoms with E-state index in [1.54, 1.807) is 72.2 Å². The van der Waals surface area contributed by atoms with Crippen molar-refractivity contribution in [2.75, 3.05) is 19.8 Å². The molecule has 0 aliphatic heterocycles. The fraction of sp³-hybridized carbons (Fsp3) is 0.571. The number of esters is 1. The smallest absolute Gasteiger partial charge is 0.437 e. The zero-order valence-corrected chi connectivity index (χ0v) is 24.6. The lowest BCUT2D eigenvalue weighted by Crippen LogP contribution is -2.34. The minimum atomic E-state index is -1.38. The number of aliphatic hydroxyl groups excluding tert-OH is 1. The number of imidazole rings is 1. The Kier molecular flexibility index (Phi) is 11.4. The number of carbonyl (C=O) groups excluding carboxylic acids is 3. The van der Waals surface area contributed by atoms with Crippen molar-refractivity contribution in [1.82, 2.24) is 14.5 Å². The van der Waals surface area contributed by atoms with E-state index in [9.17, 15) is 19.5 Å². The first-order valence-corrected chi connectivity index (χ1v) is 13.2. The molecule has 1 heterocycles. The number of hydrogen-bond acceptors (Lipinski definition) is 8. The van der Waals surface area contributed by atoms with Crippen molar-refractivity contribution in [1.29, 1.82) is 0 Å². The van der Waals surface area contributed by atoms with Crippen LogP contribution in [-0.4, -0.2) is 69.5 Å². The van der Waals surface area contributed by atoms with Crippen molar-refractivity contribution < 1.29 is 38.4 Å². The quantitative estimate of drug-likeness (QED) is 0.254. The van der Waals surface area contributed by atoms with Crippen LogP contribution in [0.3, 0.4) is 0 Å². The van der Waals surface area contributed by atoms with Crippen LogP contribution in [0.1, 0.15) is 54.9 Å². The molecule has 0 aliphatic carbocycles. The Bertz CT molecular complexity index is 1220. The number of alkyl carbamates (subject to hydrolysis) is 1. The van der Waals surface area contributed by atoms with E-state index in [1.807, 2.05) is 22.9 Å². The molecule has 0 radical (unpaired) electrons. The third-order valence-electron chi connectivity index (χ3n) is 5.14. The number of benzene rings is 1. The molecule has 12 nitrogen and oxygen atoms in total. The van der Waals surface area contributed by atoms with E-state index in [1.165, 1.54) is 0 Å². The summed E-state index contributed by atoms with van der Waals surface area (Å²) in [6, 6.07) is 7.04. The molecule has 0 aliphatic rings. The third kappa shape index (κ3) is 10.8. The van der Waals surface area contributed by atoms with Gasteiger partial charge in [-0.2, -0.15) is 0 Å². The molecule has 0 saturated heterocycles. The van der Waals surface area contributed by atoms with Gasteiger partial charge >= 0.3 is 18.2 Å². The Morgan fingerprint density at radius 1 is 1.02 bits per heavy atom. The van der Waals surface area contributed by atoms with Crippen molar-refractivity contribution in [2.24, 2.45) is 12.0 Å². The molecule has 222 valence electrons. The Labute approximate surface area is 234 Å². The number of nitrogens with one attached hydrogen (secondary N) is 1. The normalized spacial score (nSPS) is 13.0. The number of aryl methyl sites for hydroxylation is 1. The highest BCUT2D eigenvalue weighted by atomic mass is 16.6. The Morgan fingerprint density at radius 3 is 2.23 bits per heavy atom. The van der Waals surface area contributed by atoms with Crippen LogP contribution in [0.15, 0.2) is 35.5 Å². The first-order chi connectivity index (χ1) is 18.6. The summed E-state index contributed by atoms with van der Waals surface area (Å²) in [4.78, 5) is 40.3. The molecular weight excluding hydrogens is 520 g/mol. The number of hydrogen-bond donors (Lipinski definition) is 2. The number of aromatic nitrogens is 2. The van der Waals surface area contributed by atoms with Crippen LogP contribution in [0.25, 0.3) is 11.3 Å². The highest BCUT2D eigenvalue weighted by Crippen LogP contribution is 2.22. The minimum Gasteiger partial charge on any atom is -0.490 e. The summed E-state index contributed by atoms with van der Waals surface area (Å²) >= 11 is 0. The van der Waals surface area contributed by atoms with Gasteiger partial charge in [-0.15, -0.1) is 4.99 Å². The van der Waals surface area contributed by atoms with Crippen molar-refractivity contribution >= 4 is 18.2 Å². The molecule has 0 bridgehead atoms. The zero-order chi connectivity index (χ0) is 30.1. The molecule has 2 aromatic rings. The van der Waals surface area contributed by atoms with Gasteiger partial charge in [0.05, 0.1) is 12.3 Å². The molecule has 0 saturated carbocycles. The molecule has 40 heavy (non-hydrogen) atoms. The molecule has 0 fully saturated rings. The van der Waals surface area contributed by atoms with Crippen LogP contribution in [0.4, 0.5) is 9.59 Å². The largest absolute Gasteiger partial charge is 0.490 e. The maximum atomic E-state index is 12.5. The van der Waals surface area contributed by atoms with Crippen LogP contribution in [0.5, 0.6) is 5.75 Å². The average molecular weight is 563 g/mol. The van der Waals surface area contributed by atoms with Gasteiger partial charge in [-0.05, 0) is 84.7 Å². The number of rotatable bonds is 10. The van der Waals surface area contributed by atoms with Crippen molar-refractivity contribution in [3.63, 3.8) is 0 Å². The average Bonchev–Trinajstić information content (AvgIpc) is 3.13. The number of nitrogens with zero attached hydrogens (tertiary/aromatic N) is 3. The summed E-state index contributed by atoms with van der Waals surface area (Å²) in [5.41, 5.74) is 0.661. The highest BCUT2D eigenvalue weighted by molar-refractivity contribution is 5.74. The van der Waals surface area contributed by atoms with E-state index >= 15 is 0 Å². The monoisotopic (exact) mass is 562 g/mol. The van der Waals surface area contributed by atoms with Gasteiger partial charge in [-0.3, -0.25) is 0 Å². The van der Waals surface area contributed by atoms with Crippen LogP contribution >= 0.6 is 0 Å². The van der Waals surface area contributed by atoms with Gasteiger partial charge in [0.15, 0.2) is 6.10 Å². The molecule has 0 spiro atoms. The molecule has 1 aromatic carbocycles. The molecule has 1 aromatic heterocycles. The minimum absolute atomic E-state index is 0.170. The van der Waals surface area contributed by atoms with Gasteiger partial charge in [0, 0.05) is 26.3 Å². The summed E-state index contributed by atoms with van der Waals surface area (Å²) in [5, 5.41) is 12.6. The van der Waals surface area contributed by atoms with Gasteiger partial charge in [0.25, 0.3) is 0 Å². The summed E-state index contributed by atoms with van der Waals surface area (Å²) in [7, 11) is 1.79. The number of carbonyl (C=O) groups is 3. The second kappa shape index (κ2) is 14.0. The Hall–Kier alpha value is -3.80. The van der Waals surface area contributed by atoms with Gasteiger partial charge < -0.3 is 38.5 Å². The maximum absolute atomic E-state index is 12.5. The van der Waals surface area contributed by atoms with Gasteiger partial charge in [0.2, 0.25) is 5.62 Å². The van der Waals surface area contributed by atoms with Crippen LogP contribution in [-0.2, 0) is 32.6 Å². The second-order valence-electron chi connectivity index (χ2n) is 11.0. The predicted molar refractivity (Wildman–Crippen MR) is 148 cm³/mol. The van der Waals surface area contributed by atoms with Crippen LogP contribution in [0, 0.1) is 0 Å². The van der Waals surface area contributed by atoms with E-state index in [0.29, 0.717) is 30.9 Å². The maximum Gasteiger partial charge on any atom is 0.437 e. The highest BCUT2D eigenvalue weighted by Gasteiger charge is 2.19. The number of ether oxygens (including phenoxy) is 4. The molecule has 1 atom stereocenters. The van der Waals surface area contributed by atoms with Crippen LogP contribution < -0.4 is 15.7 Å². The third-order valence-corrected chi connectivity index (χ3v) is 5.14. The van der Waals surface area contributed by atoms with E-state index in [4.69, 9.17) is 18.9 Å². The van der Waals surface area contributed by atoms with E-state index in [0.717, 1.165) is 11.3 Å². The van der Waals surface area contributed by atoms with Gasteiger partial charge in [-0.25, -0.2) is 14.4 Å². The van der Waals surface area contributed by atoms with E-state index in [-0.39, 0.29) is 13.2 Å². The van der Waals surface area contributed by atoms with Crippen molar-refractivity contribution in [2.45, 2.75) is 78.7 Å². The topological polar surface area (TPSA) is 143 Å². The lowest BCUT2D eigenvalue weighted by molar-refractivity contribution is -0.154. The Morgan fingerprint density at radius 2 is 1.65 bits per heavy atom. The zero-order valence-electron chi connectivity index (χ0n) is 24.6. The fourth-order valence-corrected chi connectivity index (χ4v) is 3.49. The van der Waals surface area contributed by atoms with E-state index < -0.39 is 35.5 Å².